The largest absolute Gasteiger partial charge is 0.411 e. The van der Waals surface area contributed by atoms with E-state index in [0.29, 0.717) is 16.9 Å². The number of anilines is 1. The van der Waals surface area contributed by atoms with Crippen LogP contribution in [0.4, 0.5) is 5.95 Å². The minimum atomic E-state index is -0.215. The molecule has 0 saturated carbocycles. The number of aromatic nitrogens is 2. The highest BCUT2D eigenvalue weighted by Gasteiger charge is 2.08. The van der Waals surface area contributed by atoms with Gasteiger partial charge in [0.2, 0.25) is 5.95 Å². The summed E-state index contributed by atoms with van der Waals surface area (Å²) in [5.74, 6) is 0.390. The summed E-state index contributed by atoms with van der Waals surface area (Å²) < 4.78 is 1.13. The van der Waals surface area contributed by atoms with E-state index in [1.54, 1.807) is 32.3 Å². The van der Waals surface area contributed by atoms with Gasteiger partial charge < -0.3 is 10.2 Å². The van der Waals surface area contributed by atoms with Gasteiger partial charge in [-0.2, -0.15) is 0 Å². The number of rotatable bonds is 2. The molecule has 0 unspecified atom stereocenters. The van der Waals surface area contributed by atoms with Crippen LogP contribution in [0.15, 0.2) is 34.1 Å². The van der Waals surface area contributed by atoms with E-state index in [1.807, 2.05) is 19.9 Å². The Balaban J connectivity index is 0.000000579. The molecule has 0 radical (unpaired) electrons. The number of fused-ring (bicyclic) bond motifs is 1. The zero-order valence-corrected chi connectivity index (χ0v) is 13.7. The van der Waals surface area contributed by atoms with Gasteiger partial charge in [-0.3, -0.25) is 4.79 Å². The molecule has 0 bridgehead atoms. The van der Waals surface area contributed by atoms with Crippen LogP contribution in [0.25, 0.3) is 10.9 Å². The molecule has 7 heteroatoms. The number of nitrogens with one attached hydrogen (secondary N) is 1. The van der Waals surface area contributed by atoms with Gasteiger partial charge in [0.25, 0.3) is 5.56 Å². The van der Waals surface area contributed by atoms with E-state index in [4.69, 9.17) is 4.84 Å². The summed E-state index contributed by atoms with van der Waals surface area (Å²) in [5.41, 5.74) is 0.438. The first-order valence-corrected chi connectivity index (χ1v) is 6.80. The molecular formula is C14H20N4O2S. The first-order valence-electron chi connectivity index (χ1n) is 6.39. The monoisotopic (exact) mass is 308 g/mol. The molecule has 2 rings (SSSR count). The standard InChI is InChI=1S/C10H11N3O2.C2H3NS.C2H6/c1-11-10-12-8-6-4-3-5-7(8)9(14)13(10)15-2;1-3-2-4;1-2/h3-6H,1-2H3,(H,11,12);1H3;1-2H3. The van der Waals surface area contributed by atoms with Crippen molar-refractivity contribution in [2.24, 2.45) is 4.99 Å². The molecule has 1 N–H and O–H groups in total. The van der Waals surface area contributed by atoms with Crippen LogP contribution in [-0.2, 0) is 0 Å². The van der Waals surface area contributed by atoms with Crippen LogP contribution in [-0.4, -0.2) is 36.1 Å². The maximum absolute atomic E-state index is 11.9. The number of thiocarbonyl (C=S) groups is 1. The molecule has 0 aliphatic rings. The molecule has 0 aliphatic carbocycles. The van der Waals surface area contributed by atoms with Gasteiger partial charge in [0, 0.05) is 14.1 Å². The summed E-state index contributed by atoms with van der Waals surface area (Å²) in [6, 6.07) is 7.15. The Bertz CT molecular complexity index is 664. The Kier molecular flexibility index (Phi) is 9.41. The second-order valence-corrected chi connectivity index (χ2v) is 3.48. The highest BCUT2D eigenvalue weighted by atomic mass is 32.1. The summed E-state index contributed by atoms with van der Waals surface area (Å²) in [6.07, 6.45) is 0. The van der Waals surface area contributed by atoms with Crippen molar-refractivity contribution in [3.8, 4) is 0 Å². The molecule has 114 valence electrons. The van der Waals surface area contributed by atoms with Gasteiger partial charge in [0.1, 0.15) is 7.11 Å². The number of hydrogen-bond acceptors (Lipinski definition) is 6. The minimum Gasteiger partial charge on any atom is -0.411 e. The third-order valence-electron chi connectivity index (χ3n) is 2.24. The number of nitrogens with zero attached hydrogens (tertiary/aromatic N) is 3. The first kappa shape index (κ1) is 18.8. The molecule has 1 heterocycles. The number of hydrogen-bond donors (Lipinski definition) is 1. The molecule has 0 spiro atoms. The van der Waals surface area contributed by atoms with Gasteiger partial charge in [0.05, 0.1) is 16.1 Å². The first-order chi connectivity index (χ1) is 10.2. The van der Waals surface area contributed by atoms with E-state index < -0.39 is 0 Å². The highest BCUT2D eigenvalue weighted by molar-refractivity contribution is 7.78. The number of benzene rings is 1. The molecule has 2 aromatic rings. The topological polar surface area (TPSA) is 68.5 Å². The van der Waals surface area contributed by atoms with Crippen molar-refractivity contribution in [3.63, 3.8) is 0 Å². The van der Waals surface area contributed by atoms with E-state index in [-0.39, 0.29) is 5.56 Å². The van der Waals surface area contributed by atoms with Gasteiger partial charge in [-0.1, -0.05) is 26.0 Å². The average Bonchev–Trinajstić information content (AvgIpc) is 2.56. The smallest absolute Gasteiger partial charge is 0.295 e. The molecule has 0 amide bonds. The third-order valence-corrected chi connectivity index (χ3v) is 2.42. The Hall–Kier alpha value is -2.24. The second-order valence-electron chi connectivity index (χ2n) is 3.30. The third kappa shape index (κ3) is 4.98. The molecule has 6 nitrogen and oxygen atoms in total. The highest BCUT2D eigenvalue weighted by Crippen LogP contribution is 2.09. The summed E-state index contributed by atoms with van der Waals surface area (Å²) in [4.78, 5) is 24.4. The molecule has 0 saturated heterocycles. The fourth-order valence-corrected chi connectivity index (χ4v) is 1.44. The molecule has 0 atom stereocenters. The molecule has 1 aromatic carbocycles. The van der Waals surface area contributed by atoms with Crippen molar-refractivity contribution >= 4 is 34.2 Å². The average molecular weight is 308 g/mol. The van der Waals surface area contributed by atoms with Gasteiger partial charge in [-0.25, -0.2) is 9.98 Å². The van der Waals surface area contributed by atoms with Crippen molar-refractivity contribution in [2.45, 2.75) is 13.8 Å². The zero-order valence-electron chi connectivity index (χ0n) is 12.9. The zero-order chi connectivity index (χ0) is 16.3. The van der Waals surface area contributed by atoms with E-state index in [9.17, 15) is 4.79 Å². The van der Waals surface area contributed by atoms with Crippen LogP contribution in [0.3, 0.4) is 0 Å². The quantitative estimate of drug-likeness (QED) is 0.680. The van der Waals surface area contributed by atoms with Crippen molar-refractivity contribution in [3.05, 3.63) is 34.6 Å². The number of isothiocyanates is 1. The SMILES string of the molecule is CC.CN=C=S.CNc1nc2ccccc2c(=O)n1OC. The number of para-hydroxylation sites is 1. The van der Waals surface area contributed by atoms with Crippen LogP contribution in [0, 0.1) is 0 Å². The molecular weight excluding hydrogens is 288 g/mol. The summed E-state index contributed by atoms with van der Waals surface area (Å²) in [5, 5.41) is 5.49. The summed E-state index contributed by atoms with van der Waals surface area (Å²) in [6.45, 7) is 4.00. The van der Waals surface area contributed by atoms with Gasteiger partial charge in [-0.05, 0) is 24.4 Å². The minimum absolute atomic E-state index is 0.215. The van der Waals surface area contributed by atoms with E-state index >= 15 is 0 Å². The van der Waals surface area contributed by atoms with Crippen LogP contribution >= 0.6 is 12.2 Å². The lowest BCUT2D eigenvalue weighted by Gasteiger charge is -2.09. The lowest BCUT2D eigenvalue weighted by Crippen LogP contribution is -2.28. The van der Waals surface area contributed by atoms with E-state index in [0.717, 1.165) is 4.73 Å². The molecule has 0 fully saturated rings. The van der Waals surface area contributed by atoms with Gasteiger partial charge >= 0.3 is 0 Å². The van der Waals surface area contributed by atoms with Crippen molar-refractivity contribution < 1.29 is 4.84 Å². The summed E-state index contributed by atoms with van der Waals surface area (Å²) in [7, 11) is 4.71. The lowest BCUT2D eigenvalue weighted by atomic mass is 10.2. The van der Waals surface area contributed by atoms with Gasteiger partial charge in [-0.15, -0.1) is 4.73 Å². The van der Waals surface area contributed by atoms with Crippen molar-refractivity contribution in [1.29, 1.82) is 0 Å². The maximum Gasteiger partial charge on any atom is 0.295 e. The normalized spacial score (nSPS) is 8.43. The molecule has 21 heavy (non-hydrogen) atoms. The van der Waals surface area contributed by atoms with Crippen LogP contribution in [0.2, 0.25) is 0 Å². The Morgan fingerprint density at radius 2 is 1.95 bits per heavy atom. The predicted molar refractivity (Wildman–Crippen MR) is 90.4 cm³/mol. The predicted octanol–water partition coefficient (Wildman–Crippen LogP) is 2.24. The fraction of sp³-hybridized carbons (Fsp3) is 0.357. The van der Waals surface area contributed by atoms with Crippen LogP contribution in [0.1, 0.15) is 13.8 Å². The molecule has 0 aliphatic heterocycles. The van der Waals surface area contributed by atoms with Crippen LogP contribution < -0.4 is 15.7 Å². The van der Waals surface area contributed by atoms with Crippen molar-refractivity contribution in [1.82, 2.24) is 9.71 Å². The van der Waals surface area contributed by atoms with Crippen molar-refractivity contribution in [2.75, 3.05) is 26.5 Å². The number of aliphatic imine (C=N–C) groups is 1. The Labute approximate surface area is 129 Å². The van der Waals surface area contributed by atoms with E-state index in [1.165, 1.54) is 7.11 Å². The fourth-order valence-electron chi connectivity index (χ4n) is 1.44. The van der Waals surface area contributed by atoms with Crippen LogP contribution in [0.5, 0.6) is 0 Å². The lowest BCUT2D eigenvalue weighted by molar-refractivity contribution is 0.161. The molecule has 1 aromatic heterocycles. The van der Waals surface area contributed by atoms with Gasteiger partial charge in [0.15, 0.2) is 0 Å². The summed E-state index contributed by atoms with van der Waals surface area (Å²) >= 11 is 4.14. The second kappa shape index (κ2) is 10.5. The maximum atomic E-state index is 11.9. The Morgan fingerprint density at radius 1 is 1.38 bits per heavy atom. The Morgan fingerprint density at radius 3 is 2.43 bits per heavy atom. The van der Waals surface area contributed by atoms with E-state index in [2.05, 4.69) is 32.7 Å².